The molecule has 0 aliphatic carbocycles. The highest BCUT2D eigenvalue weighted by atomic mass is 16.6. The van der Waals surface area contributed by atoms with Gasteiger partial charge in [-0.2, -0.15) is 0 Å². The maximum atomic E-state index is 10.5. The Kier molecular flexibility index (Phi) is 4.37. The van der Waals surface area contributed by atoms with Gasteiger partial charge in [0.1, 0.15) is 0 Å². The molecule has 2 N–H and O–H groups in total. The van der Waals surface area contributed by atoms with E-state index in [-0.39, 0.29) is 18.6 Å². The molecular weight excluding hydrogens is 172 g/mol. The third-order valence-electron chi connectivity index (χ3n) is 1.65. The van der Waals surface area contributed by atoms with E-state index in [0.717, 1.165) is 0 Å². The highest BCUT2D eigenvalue weighted by Gasteiger charge is 2.33. The zero-order chi connectivity index (χ0) is 10.5. The molecule has 4 nitrogen and oxygen atoms in total. The Bertz CT molecular complexity index is 222. The maximum absolute atomic E-state index is 10.5. The zero-order valence-electron chi connectivity index (χ0n) is 7.62. The van der Waals surface area contributed by atoms with E-state index in [1.807, 2.05) is 0 Å². The molecule has 4 heteroatoms. The van der Waals surface area contributed by atoms with E-state index >= 15 is 0 Å². The second-order valence-corrected chi connectivity index (χ2v) is 2.52. The second-order valence-electron chi connectivity index (χ2n) is 2.52. The predicted molar refractivity (Wildman–Crippen MR) is 48.2 cm³/mol. The average Bonchev–Trinajstić information content (AvgIpc) is 2.12. The average molecular weight is 186 g/mol. The van der Waals surface area contributed by atoms with E-state index in [4.69, 9.17) is 9.84 Å². The summed E-state index contributed by atoms with van der Waals surface area (Å²) in [6.07, 6.45) is 1.56. The molecule has 0 rings (SSSR count). The van der Waals surface area contributed by atoms with Crippen molar-refractivity contribution in [1.82, 2.24) is 0 Å². The summed E-state index contributed by atoms with van der Waals surface area (Å²) in [6, 6.07) is 0. The van der Waals surface area contributed by atoms with E-state index in [1.54, 1.807) is 6.92 Å². The first kappa shape index (κ1) is 11.9. The summed E-state index contributed by atoms with van der Waals surface area (Å²) in [5, 5.41) is 18.2. The molecule has 0 aliphatic rings. The standard InChI is InChI=1S/C9H14O4/c1-4-6-13-9(12,5-2)7(3)8(10)11/h4,12H,1,3,5-6H2,2H3,(H,10,11). The van der Waals surface area contributed by atoms with Gasteiger partial charge in [-0.1, -0.05) is 19.6 Å². The Hall–Kier alpha value is -1.13. The number of rotatable bonds is 6. The van der Waals surface area contributed by atoms with Gasteiger partial charge >= 0.3 is 5.97 Å². The number of hydrogen-bond acceptors (Lipinski definition) is 3. The fourth-order valence-corrected chi connectivity index (χ4v) is 0.766. The number of carbonyl (C=O) groups is 1. The summed E-state index contributed by atoms with van der Waals surface area (Å²) in [4.78, 5) is 10.5. The van der Waals surface area contributed by atoms with Crippen LogP contribution in [0.2, 0.25) is 0 Å². The molecule has 13 heavy (non-hydrogen) atoms. The molecule has 0 heterocycles. The smallest absolute Gasteiger partial charge is 0.336 e. The highest BCUT2D eigenvalue weighted by molar-refractivity contribution is 5.87. The van der Waals surface area contributed by atoms with Crippen molar-refractivity contribution in [3.8, 4) is 0 Å². The molecule has 0 aromatic heterocycles. The summed E-state index contributed by atoms with van der Waals surface area (Å²) in [6.45, 7) is 8.32. The largest absolute Gasteiger partial charge is 0.478 e. The topological polar surface area (TPSA) is 66.8 Å². The number of carboxylic acids is 1. The second kappa shape index (κ2) is 4.79. The van der Waals surface area contributed by atoms with E-state index in [9.17, 15) is 9.90 Å². The normalized spacial score (nSPS) is 14.6. The summed E-state index contributed by atoms with van der Waals surface area (Å²) in [7, 11) is 0. The van der Waals surface area contributed by atoms with Gasteiger partial charge in [-0.3, -0.25) is 0 Å². The Balaban J connectivity index is 4.51. The third kappa shape index (κ3) is 3.01. The number of aliphatic carboxylic acids is 1. The Morgan fingerprint density at radius 1 is 1.69 bits per heavy atom. The molecule has 0 aliphatic heterocycles. The third-order valence-corrected chi connectivity index (χ3v) is 1.65. The summed E-state index contributed by atoms with van der Waals surface area (Å²) >= 11 is 0. The van der Waals surface area contributed by atoms with Gasteiger partial charge in [0.25, 0.3) is 0 Å². The maximum Gasteiger partial charge on any atom is 0.336 e. The minimum absolute atomic E-state index is 0.0800. The molecule has 0 saturated heterocycles. The molecule has 0 saturated carbocycles. The van der Waals surface area contributed by atoms with Crippen LogP contribution < -0.4 is 0 Å². The van der Waals surface area contributed by atoms with Crippen LogP contribution in [-0.4, -0.2) is 28.6 Å². The first-order valence-electron chi connectivity index (χ1n) is 3.87. The van der Waals surface area contributed by atoms with Gasteiger partial charge in [0, 0.05) is 6.42 Å². The first-order chi connectivity index (χ1) is 5.98. The van der Waals surface area contributed by atoms with Gasteiger partial charge in [0.2, 0.25) is 0 Å². The van der Waals surface area contributed by atoms with Crippen LogP contribution in [0.1, 0.15) is 13.3 Å². The molecule has 0 aromatic rings. The minimum atomic E-state index is -1.79. The van der Waals surface area contributed by atoms with Crippen molar-refractivity contribution in [1.29, 1.82) is 0 Å². The summed E-state index contributed by atoms with van der Waals surface area (Å²) < 4.78 is 4.91. The van der Waals surface area contributed by atoms with Crippen molar-refractivity contribution in [2.75, 3.05) is 6.61 Å². The zero-order valence-corrected chi connectivity index (χ0v) is 7.62. The lowest BCUT2D eigenvalue weighted by molar-refractivity contribution is -0.177. The quantitative estimate of drug-likeness (QED) is 0.368. The number of ether oxygens (including phenoxy) is 1. The van der Waals surface area contributed by atoms with Crippen LogP contribution in [-0.2, 0) is 9.53 Å². The lowest BCUT2D eigenvalue weighted by Crippen LogP contribution is -2.37. The molecular formula is C9H14O4. The highest BCUT2D eigenvalue weighted by Crippen LogP contribution is 2.21. The molecule has 0 radical (unpaired) electrons. The molecule has 1 atom stereocenters. The number of carboxylic acid groups (broad SMARTS) is 1. The molecule has 0 spiro atoms. The van der Waals surface area contributed by atoms with Crippen molar-refractivity contribution in [3.05, 3.63) is 24.8 Å². The summed E-state index contributed by atoms with van der Waals surface area (Å²) in [5.74, 6) is -3.06. The molecule has 0 fully saturated rings. The van der Waals surface area contributed by atoms with Gasteiger partial charge in [0.15, 0.2) is 5.79 Å². The van der Waals surface area contributed by atoms with Crippen LogP contribution in [0.25, 0.3) is 0 Å². The van der Waals surface area contributed by atoms with Crippen LogP contribution in [0.4, 0.5) is 0 Å². The Morgan fingerprint density at radius 3 is 2.54 bits per heavy atom. The lowest BCUT2D eigenvalue weighted by atomic mass is 10.1. The van der Waals surface area contributed by atoms with Crippen molar-refractivity contribution < 1.29 is 19.7 Å². The fraction of sp³-hybridized carbons (Fsp3) is 0.444. The van der Waals surface area contributed by atoms with Crippen molar-refractivity contribution in [2.45, 2.75) is 19.1 Å². The van der Waals surface area contributed by atoms with Crippen molar-refractivity contribution in [3.63, 3.8) is 0 Å². The molecule has 1 unspecified atom stereocenters. The summed E-state index contributed by atoms with van der Waals surface area (Å²) in [5.41, 5.74) is -0.364. The minimum Gasteiger partial charge on any atom is -0.478 e. The Morgan fingerprint density at radius 2 is 2.23 bits per heavy atom. The van der Waals surface area contributed by atoms with E-state index < -0.39 is 11.8 Å². The van der Waals surface area contributed by atoms with Crippen LogP contribution in [0.3, 0.4) is 0 Å². The van der Waals surface area contributed by atoms with Gasteiger partial charge < -0.3 is 14.9 Å². The van der Waals surface area contributed by atoms with Crippen LogP contribution >= 0.6 is 0 Å². The molecule has 0 aromatic carbocycles. The fourth-order valence-electron chi connectivity index (χ4n) is 0.766. The van der Waals surface area contributed by atoms with E-state index in [2.05, 4.69) is 13.2 Å². The molecule has 74 valence electrons. The van der Waals surface area contributed by atoms with Gasteiger partial charge in [-0.25, -0.2) is 4.79 Å². The van der Waals surface area contributed by atoms with E-state index in [1.165, 1.54) is 6.08 Å². The number of hydrogen-bond donors (Lipinski definition) is 2. The number of aliphatic hydroxyl groups is 1. The molecule has 0 amide bonds. The van der Waals surface area contributed by atoms with E-state index in [0.29, 0.717) is 0 Å². The Labute approximate surface area is 77.1 Å². The van der Waals surface area contributed by atoms with Crippen LogP contribution in [0, 0.1) is 0 Å². The monoisotopic (exact) mass is 186 g/mol. The molecule has 0 bridgehead atoms. The SMILES string of the molecule is C=CCOC(O)(CC)C(=C)C(=O)O. The van der Waals surface area contributed by atoms with Gasteiger partial charge in [-0.15, -0.1) is 6.58 Å². The first-order valence-corrected chi connectivity index (χ1v) is 3.87. The van der Waals surface area contributed by atoms with Crippen LogP contribution in [0.5, 0.6) is 0 Å². The van der Waals surface area contributed by atoms with Crippen molar-refractivity contribution >= 4 is 5.97 Å². The predicted octanol–water partition coefficient (Wildman–Crippen LogP) is 0.928. The van der Waals surface area contributed by atoms with Crippen molar-refractivity contribution in [2.24, 2.45) is 0 Å². The van der Waals surface area contributed by atoms with Gasteiger partial charge in [0.05, 0.1) is 12.2 Å². The lowest BCUT2D eigenvalue weighted by Gasteiger charge is -2.26. The van der Waals surface area contributed by atoms with Crippen LogP contribution in [0.15, 0.2) is 24.8 Å². The van der Waals surface area contributed by atoms with Gasteiger partial charge in [-0.05, 0) is 0 Å².